The molecule has 0 atom stereocenters. The summed E-state index contributed by atoms with van der Waals surface area (Å²) < 4.78 is 0. The van der Waals surface area contributed by atoms with Crippen LogP contribution in [0.3, 0.4) is 0 Å². The van der Waals surface area contributed by atoms with Crippen molar-refractivity contribution >= 4 is 0 Å². The zero-order valence-corrected chi connectivity index (χ0v) is 11.8. The van der Waals surface area contributed by atoms with E-state index < -0.39 is 5.60 Å². The Bertz CT molecular complexity index is 265. The van der Waals surface area contributed by atoms with Crippen molar-refractivity contribution in [1.29, 1.82) is 0 Å². The van der Waals surface area contributed by atoms with E-state index in [1.807, 2.05) is 0 Å². The quantitative estimate of drug-likeness (QED) is 0.738. The lowest BCUT2D eigenvalue weighted by Gasteiger charge is -2.49. The van der Waals surface area contributed by atoms with Crippen LogP contribution in [0.25, 0.3) is 0 Å². The first-order chi connectivity index (χ1) is 7.77. The van der Waals surface area contributed by atoms with Gasteiger partial charge in [-0.15, -0.1) is 0 Å². The van der Waals surface area contributed by atoms with E-state index in [9.17, 15) is 5.11 Å². The molecule has 2 aliphatic rings. The fourth-order valence-electron chi connectivity index (χ4n) is 3.93. The smallest absolute Gasteiger partial charge is 0.0826 e. The molecule has 0 aromatic rings. The third kappa shape index (κ3) is 2.39. The molecule has 0 radical (unpaired) electrons. The van der Waals surface area contributed by atoms with Crippen LogP contribution in [0.5, 0.6) is 0 Å². The molecule has 2 rings (SSSR count). The average molecular weight is 239 g/mol. The highest BCUT2D eigenvalue weighted by molar-refractivity contribution is 5.08. The van der Waals surface area contributed by atoms with E-state index in [4.69, 9.17) is 5.73 Å². The van der Waals surface area contributed by atoms with E-state index in [0.717, 1.165) is 44.4 Å². The molecule has 3 N–H and O–H groups in total. The zero-order chi connectivity index (χ0) is 12.7. The lowest BCUT2D eigenvalue weighted by atomic mass is 9.63. The van der Waals surface area contributed by atoms with Crippen LogP contribution >= 0.6 is 0 Å². The molecule has 0 unspecified atom stereocenters. The van der Waals surface area contributed by atoms with Gasteiger partial charge in [0.15, 0.2) is 0 Å². The molecule has 2 aliphatic carbocycles. The van der Waals surface area contributed by atoms with Crippen molar-refractivity contribution in [3.05, 3.63) is 0 Å². The monoisotopic (exact) mass is 239 g/mol. The molecule has 0 bridgehead atoms. The van der Waals surface area contributed by atoms with Crippen molar-refractivity contribution in [3.63, 3.8) is 0 Å². The number of hydrogen-bond donors (Lipinski definition) is 2. The third-order valence-corrected chi connectivity index (χ3v) is 5.46. The minimum Gasteiger partial charge on any atom is -0.388 e. The van der Waals surface area contributed by atoms with Gasteiger partial charge in [-0.25, -0.2) is 0 Å². The second kappa shape index (κ2) is 4.24. The van der Waals surface area contributed by atoms with Crippen molar-refractivity contribution in [2.75, 3.05) is 0 Å². The summed E-state index contributed by atoms with van der Waals surface area (Å²) in [7, 11) is 0. The summed E-state index contributed by atoms with van der Waals surface area (Å²) in [5.74, 6) is 0.743. The lowest BCUT2D eigenvalue weighted by molar-refractivity contribution is -0.0812. The Kier molecular flexibility index (Phi) is 3.33. The van der Waals surface area contributed by atoms with Crippen LogP contribution in [0, 0.1) is 11.3 Å². The van der Waals surface area contributed by atoms with Gasteiger partial charge in [-0.2, -0.15) is 0 Å². The Morgan fingerprint density at radius 1 is 1.00 bits per heavy atom. The molecule has 2 saturated carbocycles. The van der Waals surface area contributed by atoms with Crippen molar-refractivity contribution in [1.82, 2.24) is 0 Å². The second-order valence-corrected chi connectivity index (χ2v) is 7.54. The average Bonchev–Trinajstić information content (AvgIpc) is 2.66. The van der Waals surface area contributed by atoms with Crippen LogP contribution in [-0.4, -0.2) is 16.2 Å². The predicted octanol–water partition coefficient (Wildman–Crippen LogP) is 3.23. The summed E-state index contributed by atoms with van der Waals surface area (Å²) in [6.07, 6.45) is 8.52. The first kappa shape index (κ1) is 13.4. The van der Waals surface area contributed by atoms with E-state index in [-0.39, 0.29) is 5.54 Å². The predicted molar refractivity (Wildman–Crippen MR) is 71.7 cm³/mol. The van der Waals surface area contributed by atoms with Crippen molar-refractivity contribution < 1.29 is 5.11 Å². The van der Waals surface area contributed by atoms with Gasteiger partial charge in [-0.05, 0) is 49.9 Å². The summed E-state index contributed by atoms with van der Waals surface area (Å²) >= 11 is 0. The number of aliphatic hydroxyl groups is 1. The molecule has 2 fully saturated rings. The van der Waals surface area contributed by atoms with E-state index in [1.54, 1.807) is 0 Å². The molecule has 0 aromatic heterocycles. The molecular weight excluding hydrogens is 210 g/mol. The highest BCUT2D eigenvalue weighted by Crippen LogP contribution is 2.48. The van der Waals surface area contributed by atoms with Gasteiger partial charge in [0.05, 0.1) is 5.60 Å². The van der Waals surface area contributed by atoms with Gasteiger partial charge in [0, 0.05) is 5.54 Å². The molecule has 0 saturated heterocycles. The van der Waals surface area contributed by atoms with E-state index in [2.05, 4.69) is 20.8 Å². The summed E-state index contributed by atoms with van der Waals surface area (Å²) in [6, 6.07) is 0. The van der Waals surface area contributed by atoms with E-state index >= 15 is 0 Å². The highest BCUT2D eigenvalue weighted by Gasteiger charge is 2.51. The van der Waals surface area contributed by atoms with Crippen LogP contribution in [0.4, 0.5) is 0 Å². The summed E-state index contributed by atoms with van der Waals surface area (Å²) in [6.45, 7) is 6.95. The highest BCUT2D eigenvalue weighted by atomic mass is 16.3. The van der Waals surface area contributed by atoms with Crippen LogP contribution in [0.2, 0.25) is 0 Å². The third-order valence-electron chi connectivity index (χ3n) is 5.46. The Morgan fingerprint density at radius 3 is 1.88 bits per heavy atom. The summed E-state index contributed by atoms with van der Waals surface area (Å²) in [4.78, 5) is 0. The van der Waals surface area contributed by atoms with Crippen molar-refractivity contribution in [2.24, 2.45) is 17.1 Å². The van der Waals surface area contributed by atoms with Crippen LogP contribution in [0.1, 0.15) is 72.1 Å². The Labute approximate surface area is 106 Å². The molecule has 0 amide bonds. The van der Waals surface area contributed by atoms with Gasteiger partial charge in [-0.1, -0.05) is 33.6 Å². The minimum absolute atomic E-state index is 0.282. The van der Waals surface area contributed by atoms with Gasteiger partial charge >= 0.3 is 0 Å². The maximum absolute atomic E-state index is 10.9. The molecule has 0 aromatic carbocycles. The fraction of sp³-hybridized carbons (Fsp3) is 1.00. The van der Waals surface area contributed by atoms with Gasteiger partial charge < -0.3 is 10.8 Å². The minimum atomic E-state index is -0.578. The molecule has 17 heavy (non-hydrogen) atoms. The first-order valence-corrected chi connectivity index (χ1v) is 7.28. The van der Waals surface area contributed by atoms with E-state index in [1.165, 1.54) is 12.8 Å². The SMILES string of the molecule is CC(C)(C)C1CCC(O)(C2(N)CCCC2)CC1. The van der Waals surface area contributed by atoms with Crippen LogP contribution in [0.15, 0.2) is 0 Å². The largest absolute Gasteiger partial charge is 0.388 e. The van der Waals surface area contributed by atoms with Crippen LogP contribution in [-0.2, 0) is 0 Å². The maximum atomic E-state index is 10.9. The molecule has 2 heteroatoms. The standard InChI is InChI=1S/C15H29NO/c1-13(2,3)12-6-10-15(17,11-7-12)14(16)8-4-5-9-14/h12,17H,4-11,16H2,1-3H3. The molecule has 0 aliphatic heterocycles. The summed E-state index contributed by atoms with van der Waals surface area (Å²) in [5, 5.41) is 10.9. The molecule has 2 nitrogen and oxygen atoms in total. The second-order valence-electron chi connectivity index (χ2n) is 7.54. The molecule has 100 valence electrons. The number of nitrogens with two attached hydrogens (primary N) is 1. The summed E-state index contributed by atoms with van der Waals surface area (Å²) in [5.41, 5.74) is 5.99. The van der Waals surface area contributed by atoms with Gasteiger partial charge in [0.1, 0.15) is 0 Å². The Morgan fingerprint density at radius 2 is 1.47 bits per heavy atom. The van der Waals surface area contributed by atoms with Crippen molar-refractivity contribution in [2.45, 2.75) is 83.3 Å². The van der Waals surface area contributed by atoms with Crippen LogP contribution < -0.4 is 5.73 Å². The topological polar surface area (TPSA) is 46.2 Å². The maximum Gasteiger partial charge on any atom is 0.0826 e. The Balaban J connectivity index is 2.02. The molecule has 0 heterocycles. The normalized spacial score (nSPS) is 38.3. The fourth-order valence-corrected chi connectivity index (χ4v) is 3.93. The zero-order valence-electron chi connectivity index (χ0n) is 11.8. The van der Waals surface area contributed by atoms with Gasteiger partial charge in [-0.3, -0.25) is 0 Å². The molecular formula is C15H29NO. The lowest BCUT2D eigenvalue weighted by Crippen LogP contribution is -2.60. The Hall–Kier alpha value is -0.0800. The number of hydrogen-bond acceptors (Lipinski definition) is 2. The molecule has 0 spiro atoms. The first-order valence-electron chi connectivity index (χ1n) is 7.28. The van der Waals surface area contributed by atoms with Gasteiger partial charge in [0.25, 0.3) is 0 Å². The van der Waals surface area contributed by atoms with Gasteiger partial charge in [0.2, 0.25) is 0 Å². The van der Waals surface area contributed by atoms with Crippen molar-refractivity contribution in [3.8, 4) is 0 Å². The number of rotatable bonds is 1. The van der Waals surface area contributed by atoms with E-state index in [0.29, 0.717) is 5.41 Å².